The third-order valence-corrected chi connectivity index (χ3v) is 2.25. The molecule has 0 atom stereocenters. The Morgan fingerprint density at radius 3 is 2.11 bits per heavy atom. The highest BCUT2D eigenvalue weighted by Gasteiger charge is 2.05. The van der Waals surface area contributed by atoms with Crippen LogP contribution < -0.4 is 5.32 Å². The quantitative estimate of drug-likeness (QED) is 0.817. The van der Waals surface area contributed by atoms with Crippen molar-refractivity contribution in [2.24, 2.45) is 0 Å². The first kappa shape index (κ1) is 13.8. The molecule has 2 aromatic rings. The van der Waals surface area contributed by atoms with Gasteiger partial charge in [-0.05, 0) is 11.6 Å². The molecule has 2 N–H and O–H groups in total. The van der Waals surface area contributed by atoms with Crippen molar-refractivity contribution in [2.75, 3.05) is 5.32 Å². The molecular weight excluding hydrogens is 226 g/mol. The summed E-state index contributed by atoms with van der Waals surface area (Å²) in [5.41, 5.74) is 2.47. The molecule has 3 nitrogen and oxygen atoms in total. The molecule has 0 radical (unpaired) electrons. The van der Waals surface area contributed by atoms with Gasteiger partial charge in [0.05, 0.1) is 5.69 Å². The van der Waals surface area contributed by atoms with E-state index in [0.717, 1.165) is 11.1 Å². The van der Waals surface area contributed by atoms with Gasteiger partial charge >= 0.3 is 6.09 Å². The number of carboxylic acid groups (broad SMARTS) is 1. The van der Waals surface area contributed by atoms with E-state index in [0.29, 0.717) is 5.69 Å². The van der Waals surface area contributed by atoms with Crippen molar-refractivity contribution in [3.05, 3.63) is 54.6 Å². The highest BCUT2D eigenvalue weighted by molar-refractivity contribution is 5.90. The number of benzene rings is 2. The van der Waals surface area contributed by atoms with Crippen molar-refractivity contribution in [3.63, 3.8) is 0 Å². The fourth-order valence-corrected chi connectivity index (χ4v) is 1.58. The molecule has 0 fully saturated rings. The number of carbonyl (C=O) groups is 1. The van der Waals surface area contributed by atoms with Gasteiger partial charge in [-0.1, -0.05) is 62.4 Å². The molecule has 0 aliphatic carbocycles. The topological polar surface area (TPSA) is 49.3 Å². The highest BCUT2D eigenvalue weighted by atomic mass is 16.4. The number of para-hydroxylation sites is 1. The van der Waals surface area contributed by atoms with Crippen LogP contribution in [-0.2, 0) is 0 Å². The lowest BCUT2D eigenvalue weighted by atomic mass is 10.0. The molecule has 0 bridgehead atoms. The lowest BCUT2D eigenvalue weighted by molar-refractivity contribution is 0.210. The minimum atomic E-state index is -1.05. The van der Waals surface area contributed by atoms with Gasteiger partial charge in [-0.2, -0.15) is 0 Å². The van der Waals surface area contributed by atoms with Crippen LogP contribution in [0, 0.1) is 0 Å². The fraction of sp³-hybridized carbons (Fsp3) is 0.133. The standard InChI is InChI=1S/C13H11NO2.C2H6/c15-13(16)14-12-9-5-4-8-11(12)10-6-2-1-3-7-10;1-2/h1-9,14H,(H,15,16);1-2H3. The summed E-state index contributed by atoms with van der Waals surface area (Å²) < 4.78 is 0. The Hall–Kier alpha value is -2.29. The minimum Gasteiger partial charge on any atom is -0.465 e. The Balaban J connectivity index is 0.000000771. The summed E-state index contributed by atoms with van der Waals surface area (Å²) in [4.78, 5) is 10.6. The number of hydrogen-bond donors (Lipinski definition) is 2. The average Bonchev–Trinajstić information content (AvgIpc) is 2.42. The Kier molecular flexibility index (Phi) is 5.45. The van der Waals surface area contributed by atoms with E-state index in [1.807, 2.05) is 56.3 Å². The first-order valence-electron chi connectivity index (χ1n) is 5.92. The summed E-state index contributed by atoms with van der Waals surface area (Å²) in [6, 6.07) is 17.0. The van der Waals surface area contributed by atoms with Gasteiger partial charge in [-0.25, -0.2) is 4.79 Å². The van der Waals surface area contributed by atoms with Gasteiger partial charge in [0.25, 0.3) is 0 Å². The molecule has 0 aliphatic rings. The van der Waals surface area contributed by atoms with Gasteiger partial charge in [0.2, 0.25) is 0 Å². The van der Waals surface area contributed by atoms with Crippen LogP contribution in [-0.4, -0.2) is 11.2 Å². The third kappa shape index (κ3) is 3.63. The molecule has 0 aliphatic heterocycles. The highest BCUT2D eigenvalue weighted by Crippen LogP contribution is 2.27. The first-order valence-corrected chi connectivity index (χ1v) is 5.92. The Morgan fingerprint density at radius 1 is 0.944 bits per heavy atom. The van der Waals surface area contributed by atoms with Crippen LogP contribution in [0.3, 0.4) is 0 Å². The van der Waals surface area contributed by atoms with Crippen molar-refractivity contribution in [3.8, 4) is 11.1 Å². The van der Waals surface area contributed by atoms with E-state index in [1.165, 1.54) is 0 Å². The SMILES string of the molecule is CC.O=C(O)Nc1ccccc1-c1ccccc1. The maximum absolute atomic E-state index is 10.6. The lowest BCUT2D eigenvalue weighted by Gasteiger charge is -2.08. The number of anilines is 1. The summed E-state index contributed by atoms with van der Waals surface area (Å²) >= 11 is 0. The second-order valence-corrected chi connectivity index (χ2v) is 3.34. The summed E-state index contributed by atoms with van der Waals surface area (Å²) in [5.74, 6) is 0. The number of nitrogens with one attached hydrogen (secondary N) is 1. The smallest absolute Gasteiger partial charge is 0.409 e. The molecule has 2 aromatic carbocycles. The van der Waals surface area contributed by atoms with E-state index >= 15 is 0 Å². The van der Waals surface area contributed by atoms with Crippen molar-refractivity contribution in [2.45, 2.75) is 13.8 Å². The predicted octanol–water partition coefficient (Wildman–Crippen LogP) is 4.47. The van der Waals surface area contributed by atoms with Gasteiger partial charge in [-0.3, -0.25) is 5.32 Å². The van der Waals surface area contributed by atoms with Crippen LogP contribution in [0.2, 0.25) is 0 Å². The number of amides is 1. The second-order valence-electron chi connectivity index (χ2n) is 3.34. The summed E-state index contributed by atoms with van der Waals surface area (Å²) in [6.07, 6.45) is -1.05. The summed E-state index contributed by atoms with van der Waals surface area (Å²) in [5, 5.41) is 11.1. The maximum Gasteiger partial charge on any atom is 0.409 e. The van der Waals surface area contributed by atoms with E-state index in [4.69, 9.17) is 5.11 Å². The molecule has 0 heterocycles. The Labute approximate surface area is 107 Å². The molecule has 0 spiro atoms. The van der Waals surface area contributed by atoms with Crippen LogP contribution in [0.1, 0.15) is 13.8 Å². The molecular formula is C15H17NO2. The minimum absolute atomic E-state index is 0.598. The van der Waals surface area contributed by atoms with E-state index in [2.05, 4.69) is 5.32 Å². The maximum atomic E-state index is 10.6. The zero-order valence-electron chi connectivity index (χ0n) is 10.6. The molecule has 18 heavy (non-hydrogen) atoms. The van der Waals surface area contributed by atoms with Gasteiger partial charge in [0, 0.05) is 5.56 Å². The largest absolute Gasteiger partial charge is 0.465 e. The van der Waals surface area contributed by atoms with Gasteiger partial charge in [0.1, 0.15) is 0 Å². The fourth-order valence-electron chi connectivity index (χ4n) is 1.58. The van der Waals surface area contributed by atoms with E-state index in [1.54, 1.807) is 12.1 Å². The molecule has 0 saturated carbocycles. The van der Waals surface area contributed by atoms with Crippen molar-refractivity contribution in [1.29, 1.82) is 0 Å². The average molecular weight is 243 g/mol. The molecule has 1 amide bonds. The summed E-state index contributed by atoms with van der Waals surface area (Å²) in [7, 11) is 0. The van der Waals surface area contributed by atoms with Gasteiger partial charge in [0.15, 0.2) is 0 Å². The Bertz CT molecular complexity index is 495. The molecule has 94 valence electrons. The molecule has 0 saturated heterocycles. The molecule has 3 heteroatoms. The van der Waals surface area contributed by atoms with Crippen LogP contribution in [0.25, 0.3) is 11.1 Å². The zero-order valence-corrected chi connectivity index (χ0v) is 10.6. The summed E-state index contributed by atoms with van der Waals surface area (Å²) in [6.45, 7) is 4.00. The van der Waals surface area contributed by atoms with E-state index in [9.17, 15) is 4.79 Å². The second kappa shape index (κ2) is 7.12. The third-order valence-electron chi connectivity index (χ3n) is 2.25. The van der Waals surface area contributed by atoms with Gasteiger partial charge < -0.3 is 5.11 Å². The Morgan fingerprint density at radius 2 is 1.50 bits per heavy atom. The van der Waals surface area contributed by atoms with E-state index in [-0.39, 0.29) is 0 Å². The van der Waals surface area contributed by atoms with Crippen molar-refractivity contribution >= 4 is 11.8 Å². The zero-order chi connectivity index (χ0) is 13.4. The normalized spacial score (nSPS) is 9.00. The number of hydrogen-bond acceptors (Lipinski definition) is 1. The van der Waals surface area contributed by atoms with Crippen LogP contribution in [0.4, 0.5) is 10.5 Å². The molecule has 2 rings (SSSR count). The van der Waals surface area contributed by atoms with Crippen LogP contribution >= 0.6 is 0 Å². The number of rotatable bonds is 2. The monoisotopic (exact) mass is 243 g/mol. The molecule has 0 aromatic heterocycles. The van der Waals surface area contributed by atoms with Crippen molar-refractivity contribution < 1.29 is 9.90 Å². The van der Waals surface area contributed by atoms with Crippen LogP contribution in [0.15, 0.2) is 54.6 Å². The van der Waals surface area contributed by atoms with Crippen LogP contribution in [0.5, 0.6) is 0 Å². The van der Waals surface area contributed by atoms with Crippen molar-refractivity contribution in [1.82, 2.24) is 0 Å². The van der Waals surface area contributed by atoms with E-state index < -0.39 is 6.09 Å². The predicted molar refractivity (Wildman–Crippen MR) is 74.9 cm³/mol. The molecule has 0 unspecified atom stereocenters. The van der Waals surface area contributed by atoms with Gasteiger partial charge in [-0.15, -0.1) is 0 Å². The lowest BCUT2D eigenvalue weighted by Crippen LogP contribution is -2.08. The first-order chi connectivity index (χ1) is 8.77.